The Kier molecular flexibility index (Phi) is 4.60. The van der Waals surface area contributed by atoms with Gasteiger partial charge >= 0.3 is 6.03 Å². The maximum absolute atomic E-state index is 11.5. The monoisotopic (exact) mass is 284 g/mol. The summed E-state index contributed by atoms with van der Waals surface area (Å²) in [7, 11) is 0. The van der Waals surface area contributed by atoms with Crippen LogP contribution in [0.2, 0.25) is 0 Å². The van der Waals surface area contributed by atoms with Crippen molar-refractivity contribution in [3.63, 3.8) is 0 Å². The Morgan fingerprint density at radius 3 is 2.38 bits per heavy atom. The van der Waals surface area contributed by atoms with Crippen molar-refractivity contribution in [2.45, 2.75) is 0 Å². The molecule has 0 radical (unpaired) electrons. The van der Waals surface area contributed by atoms with E-state index in [1.165, 1.54) is 18.3 Å². The van der Waals surface area contributed by atoms with Gasteiger partial charge in [-0.15, -0.1) is 0 Å². The minimum absolute atomic E-state index is 0.00179. The lowest BCUT2D eigenvalue weighted by Crippen LogP contribution is -2.24. The number of carbonyl (C=O) groups is 1. The van der Waals surface area contributed by atoms with Gasteiger partial charge in [-0.2, -0.15) is 5.10 Å². The summed E-state index contributed by atoms with van der Waals surface area (Å²) in [6, 6.07) is 14.3. The number of para-hydroxylation sites is 1. The standard InChI is InChI=1S/C14H12N4O3/c19-14(16-12-4-2-1-3-5-12)17-15-10-11-6-8-13(9-7-11)18(20)21/h1-10H,(H2,16,17,19)/b15-10-. The van der Waals surface area contributed by atoms with Crippen LogP contribution in [0, 0.1) is 10.1 Å². The zero-order valence-electron chi connectivity index (χ0n) is 10.9. The predicted octanol–water partition coefficient (Wildman–Crippen LogP) is 2.75. The van der Waals surface area contributed by atoms with Crippen LogP contribution in [-0.2, 0) is 0 Å². The number of carbonyl (C=O) groups excluding carboxylic acids is 1. The average Bonchev–Trinajstić information content (AvgIpc) is 2.49. The lowest BCUT2D eigenvalue weighted by atomic mass is 10.2. The third kappa shape index (κ3) is 4.43. The molecule has 0 heterocycles. The molecule has 0 spiro atoms. The summed E-state index contributed by atoms with van der Waals surface area (Å²) in [6.45, 7) is 0. The fraction of sp³-hybridized carbons (Fsp3) is 0. The number of hydrogen-bond acceptors (Lipinski definition) is 4. The number of anilines is 1. The van der Waals surface area contributed by atoms with Gasteiger partial charge in [-0.3, -0.25) is 10.1 Å². The largest absolute Gasteiger partial charge is 0.339 e. The van der Waals surface area contributed by atoms with E-state index in [1.54, 1.807) is 36.4 Å². The number of amides is 2. The number of rotatable bonds is 4. The van der Waals surface area contributed by atoms with E-state index in [-0.39, 0.29) is 5.69 Å². The Morgan fingerprint density at radius 2 is 1.76 bits per heavy atom. The van der Waals surface area contributed by atoms with E-state index in [9.17, 15) is 14.9 Å². The third-order valence-electron chi connectivity index (χ3n) is 2.52. The van der Waals surface area contributed by atoms with Gasteiger partial charge in [0.15, 0.2) is 0 Å². The van der Waals surface area contributed by atoms with Crippen LogP contribution in [0.15, 0.2) is 59.7 Å². The number of non-ortho nitro benzene ring substituents is 1. The van der Waals surface area contributed by atoms with Gasteiger partial charge in [-0.1, -0.05) is 18.2 Å². The molecule has 0 unspecified atom stereocenters. The Balaban J connectivity index is 1.87. The maximum Gasteiger partial charge on any atom is 0.339 e. The van der Waals surface area contributed by atoms with Crippen molar-refractivity contribution in [2.24, 2.45) is 5.10 Å². The number of hydrogen-bond donors (Lipinski definition) is 2. The van der Waals surface area contributed by atoms with Gasteiger partial charge in [0.05, 0.1) is 11.1 Å². The van der Waals surface area contributed by atoms with Crippen LogP contribution >= 0.6 is 0 Å². The van der Waals surface area contributed by atoms with E-state index in [4.69, 9.17) is 0 Å². The van der Waals surface area contributed by atoms with Gasteiger partial charge in [0.2, 0.25) is 0 Å². The molecular weight excluding hydrogens is 272 g/mol. The van der Waals surface area contributed by atoms with E-state index in [1.807, 2.05) is 6.07 Å². The van der Waals surface area contributed by atoms with E-state index in [0.29, 0.717) is 11.3 Å². The molecule has 2 rings (SSSR count). The third-order valence-corrected chi connectivity index (χ3v) is 2.52. The Hall–Kier alpha value is -3.22. The van der Waals surface area contributed by atoms with Crippen molar-refractivity contribution in [1.29, 1.82) is 0 Å². The maximum atomic E-state index is 11.5. The second-order valence-electron chi connectivity index (χ2n) is 4.04. The Labute approximate surface area is 120 Å². The highest BCUT2D eigenvalue weighted by atomic mass is 16.6. The van der Waals surface area contributed by atoms with Gasteiger partial charge in [0.25, 0.3) is 5.69 Å². The summed E-state index contributed by atoms with van der Waals surface area (Å²) in [5, 5.41) is 16.9. The molecular formula is C14H12N4O3. The summed E-state index contributed by atoms with van der Waals surface area (Å²) in [5.74, 6) is 0. The number of benzene rings is 2. The van der Waals surface area contributed by atoms with Crippen molar-refractivity contribution < 1.29 is 9.72 Å². The first-order valence-electron chi connectivity index (χ1n) is 6.05. The van der Waals surface area contributed by atoms with Gasteiger partial charge < -0.3 is 5.32 Å². The molecule has 7 heteroatoms. The molecule has 0 bridgehead atoms. The summed E-state index contributed by atoms with van der Waals surface area (Å²) < 4.78 is 0. The molecule has 0 aromatic heterocycles. The van der Waals surface area contributed by atoms with Crippen molar-refractivity contribution in [3.8, 4) is 0 Å². The fourth-order valence-electron chi connectivity index (χ4n) is 1.53. The zero-order valence-corrected chi connectivity index (χ0v) is 10.9. The number of nitro groups is 1. The van der Waals surface area contributed by atoms with E-state index in [0.717, 1.165) is 0 Å². The molecule has 2 aromatic carbocycles. The highest BCUT2D eigenvalue weighted by Gasteiger charge is 2.02. The van der Waals surface area contributed by atoms with Crippen LogP contribution in [0.1, 0.15) is 5.56 Å². The second-order valence-corrected chi connectivity index (χ2v) is 4.04. The average molecular weight is 284 g/mol. The quantitative estimate of drug-likeness (QED) is 0.513. The number of nitro benzene ring substituents is 1. The van der Waals surface area contributed by atoms with Gasteiger partial charge in [-0.25, -0.2) is 10.2 Å². The van der Waals surface area contributed by atoms with Gasteiger partial charge in [-0.05, 0) is 29.8 Å². The summed E-state index contributed by atoms with van der Waals surface area (Å²) in [4.78, 5) is 21.5. The van der Waals surface area contributed by atoms with Crippen LogP contribution in [-0.4, -0.2) is 17.2 Å². The molecule has 2 N–H and O–H groups in total. The minimum Gasteiger partial charge on any atom is -0.307 e. The molecule has 21 heavy (non-hydrogen) atoms. The first-order chi connectivity index (χ1) is 10.1. The van der Waals surface area contributed by atoms with Crippen molar-refractivity contribution in [3.05, 3.63) is 70.3 Å². The number of hydrazone groups is 1. The molecule has 106 valence electrons. The lowest BCUT2D eigenvalue weighted by Gasteiger charge is -2.02. The second kappa shape index (κ2) is 6.80. The molecule has 0 saturated heterocycles. The van der Waals surface area contributed by atoms with Gasteiger partial charge in [0.1, 0.15) is 0 Å². The number of nitrogens with one attached hydrogen (secondary N) is 2. The first-order valence-corrected chi connectivity index (χ1v) is 6.05. The van der Waals surface area contributed by atoms with Crippen molar-refractivity contribution >= 4 is 23.6 Å². The smallest absolute Gasteiger partial charge is 0.307 e. The van der Waals surface area contributed by atoms with Crippen LogP contribution in [0.3, 0.4) is 0 Å². The van der Waals surface area contributed by atoms with Gasteiger partial charge in [0, 0.05) is 17.8 Å². The van der Waals surface area contributed by atoms with E-state index >= 15 is 0 Å². The summed E-state index contributed by atoms with van der Waals surface area (Å²) >= 11 is 0. The molecule has 0 atom stereocenters. The van der Waals surface area contributed by atoms with Crippen molar-refractivity contribution in [1.82, 2.24) is 5.43 Å². The minimum atomic E-state index is -0.480. The van der Waals surface area contributed by atoms with Crippen LogP contribution in [0.5, 0.6) is 0 Å². The highest BCUT2D eigenvalue weighted by Crippen LogP contribution is 2.10. The molecule has 0 fully saturated rings. The molecule has 0 saturated carbocycles. The number of nitrogens with zero attached hydrogens (tertiary/aromatic N) is 2. The van der Waals surface area contributed by atoms with Crippen molar-refractivity contribution in [2.75, 3.05) is 5.32 Å². The summed E-state index contributed by atoms with van der Waals surface area (Å²) in [6.07, 6.45) is 1.40. The molecule has 0 aliphatic heterocycles. The first kappa shape index (κ1) is 14.2. The molecule has 2 amide bonds. The highest BCUT2D eigenvalue weighted by molar-refractivity contribution is 5.90. The lowest BCUT2D eigenvalue weighted by molar-refractivity contribution is -0.384. The van der Waals surface area contributed by atoms with Crippen LogP contribution < -0.4 is 10.7 Å². The summed E-state index contributed by atoms with van der Waals surface area (Å²) in [5.41, 5.74) is 3.60. The molecule has 0 aliphatic carbocycles. The Bertz CT molecular complexity index is 654. The molecule has 2 aromatic rings. The van der Waals surface area contributed by atoms with E-state index in [2.05, 4.69) is 15.8 Å². The SMILES string of the molecule is O=C(N/N=C\c1ccc([N+](=O)[O-])cc1)Nc1ccccc1. The zero-order chi connectivity index (χ0) is 15.1. The topological polar surface area (TPSA) is 96.6 Å². The molecule has 7 nitrogen and oxygen atoms in total. The predicted molar refractivity (Wildman–Crippen MR) is 79.3 cm³/mol. The normalized spacial score (nSPS) is 10.3. The van der Waals surface area contributed by atoms with Crippen LogP contribution in [0.25, 0.3) is 0 Å². The fourth-order valence-corrected chi connectivity index (χ4v) is 1.53. The van der Waals surface area contributed by atoms with E-state index < -0.39 is 11.0 Å². The molecule has 0 aliphatic rings. The number of urea groups is 1. The Morgan fingerprint density at radius 1 is 1.10 bits per heavy atom. The van der Waals surface area contributed by atoms with Crippen LogP contribution in [0.4, 0.5) is 16.2 Å².